The maximum atomic E-state index is 4.07. The van der Waals surface area contributed by atoms with Gasteiger partial charge in [-0.15, -0.1) is 25.3 Å². The number of rotatable bonds is 0. The molecule has 0 aromatic heterocycles. The molecular formula is C6H5S2. The van der Waals surface area contributed by atoms with Gasteiger partial charge in [0.25, 0.3) is 0 Å². The third-order valence-electron chi connectivity index (χ3n) is 0.780. The summed E-state index contributed by atoms with van der Waals surface area (Å²) in [6.45, 7) is 0. The summed E-state index contributed by atoms with van der Waals surface area (Å²) in [7, 11) is 0. The van der Waals surface area contributed by atoms with Crippen LogP contribution in [0.5, 0.6) is 0 Å². The van der Waals surface area contributed by atoms with Crippen molar-refractivity contribution in [3.8, 4) is 0 Å². The molecule has 0 saturated carbocycles. The van der Waals surface area contributed by atoms with E-state index in [4.69, 9.17) is 0 Å². The molecule has 0 aliphatic heterocycles. The standard InChI is InChI=1S/C6H5S2/c7-5-1-2-6(8)4-3-5/h1-3,7-8H. The van der Waals surface area contributed by atoms with E-state index in [-0.39, 0.29) is 0 Å². The zero-order valence-corrected chi connectivity index (χ0v) is 5.92. The van der Waals surface area contributed by atoms with Crippen LogP contribution in [-0.4, -0.2) is 0 Å². The second-order valence-electron chi connectivity index (χ2n) is 1.43. The van der Waals surface area contributed by atoms with Gasteiger partial charge in [-0.05, 0) is 24.3 Å². The first-order valence-corrected chi connectivity index (χ1v) is 3.08. The molecule has 41 valence electrons. The Kier molecular flexibility index (Phi) is 1.86. The third kappa shape index (κ3) is 1.46. The van der Waals surface area contributed by atoms with E-state index in [0.29, 0.717) is 0 Å². The molecule has 0 aliphatic carbocycles. The zero-order valence-electron chi connectivity index (χ0n) is 4.13. The maximum Gasteiger partial charge on any atom is 0.0120 e. The Bertz CT molecular complexity index is 145. The summed E-state index contributed by atoms with van der Waals surface area (Å²) in [6.07, 6.45) is 0. The van der Waals surface area contributed by atoms with E-state index in [0.717, 1.165) is 9.79 Å². The third-order valence-corrected chi connectivity index (χ3v) is 1.34. The Morgan fingerprint density at radius 3 is 2.38 bits per heavy atom. The van der Waals surface area contributed by atoms with E-state index in [2.05, 4.69) is 31.3 Å². The summed E-state index contributed by atoms with van der Waals surface area (Å²) in [5.74, 6) is 0. The van der Waals surface area contributed by atoms with Crippen molar-refractivity contribution in [2.75, 3.05) is 0 Å². The van der Waals surface area contributed by atoms with Crippen LogP contribution in [0.2, 0.25) is 0 Å². The van der Waals surface area contributed by atoms with E-state index in [1.807, 2.05) is 12.1 Å². The van der Waals surface area contributed by atoms with Crippen LogP contribution in [0.15, 0.2) is 28.0 Å². The molecule has 0 unspecified atom stereocenters. The normalized spacial score (nSPS) is 9.25. The van der Waals surface area contributed by atoms with E-state index < -0.39 is 0 Å². The first-order valence-electron chi connectivity index (χ1n) is 2.19. The predicted octanol–water partition coefficient (Wildman–Crippen LogP) is 2.06. The molecule has 1 aromatic rings. The van der Waals surface area contributed by atoms with Crippen LogP contribution < -0.4 is 0 Å². The number of hydrogen-bond acceptors (Lipinski definition) is 2. The highest BCUT2D eigenvalue weighted by Crippen LogP contribution is 2.08. The quantitative estimate of drug-likeness (QED) is 0.508. The summed E-state index contributed by atoms with van der Waals surface area (Å²) in [6, 6.07) is 8.40. The Labute approximate surface area is 59.7 Å². The van der Waals surface area contributed by atoms with Gasteiger partial charge in [-0.3, -0.25) is 0 Å². The molecule has 0 spiro atoms. The van der Waals surface area contributed by atoms with Crippen LogP contribution in [0.1, 0.15) is 0 Å². The van der Waals surface area contributed by atoms with Crippen LogP contribution in [-0.2, 0) is 0 Å². The second-order valence-corrected chi connectivity index (χ2v) is 2.43. The summed E-state index contributed by atoms with van der Waals surface area (Å²) in [4.78, 5) is 1.77. The Balaban J connectivity index is 3.03. The molecule has 0 atom stereocenters. The summed E-state index contributed by atoms with van der Waals surface area (Å²) in [5, 5.41) is 0. The molecule has 0 N–H and O–H groups in total. The van der Waals surface area contributed by atoms with Gasteiger partial charge in [-0.1, -0.05) is 0 Å². The SMILES string of the molecule is Sc1[c]cc(S)cc1. The largest absolute Gasteiger partial charge is 0.143 e. The predicted molar refractivity (Wildman–Crippen MR) is 39.8 cm³/mol. The van der Waals surface area contributed by atoms with Crippen molar-refractivity contribution >= 4 is 25.3 Å². The summed E-state index contributed by atoms with van der Waals surface area (Å²) < 4.78 is 0. The van der Waals surface area contributed by atoms with Crippen molar-refractivity contribution in [3.05, 3.63) is 24.3 Å². The minimum Gasteiger partial charge on any atom is -0.143 e. The second kappa shape index (κ2) is 2.46. The van der Waals surface area contributed by atoms with Gasteiger partial charge in [0, 0.05) is 9.79 Å². The van der Waals surface area contributed by atoms with Crippen molar-refractivity contribution in [3.63, 3.8) is 0 Å². The number of benzene rings is 1. The highest BCUT2D eigenvalue weighted by molar-refractivity contribution is 7.80. The van der Waals surface area contributed by atoms with Crippen molar-refractivity contribution < 1.29 is 0 Å². The average molecular weight is 141 g/mol. The molecule has 1 radical (unpaired) electrons. The van der Waals surface area contributed by atoms with Gasteiger partial charge < -0.3 is 0 Å². The lowest BCUT2D eigenvalue weighted by molar-refractivity contribution is 1.36. The topological polar surface area (TPSA) is 0 Å². The van der Waals surface area contributed by atoms with Crippen molar-refractivity contribution in [2.45, 2.75) is 9.79 Å². The van der Waals surface area contributed by atoms with E-state index in [1.54, 1.807) is 6.07 Å². The lowest BCUT2D eigenvalue weighted by Gasteiger charge is -1.87. The smallest absolute Gasteiger partial charge is 0.0120 e. The van der Waals surface area contributed by atoms with Crippen LogP contribution in [0.25, 0.3) is 0 Å². The van der Waals surface area contributed by atoms with Gasteiger partial charge in [0.15, 0.2) is 0 Å². The molecule has 0 fully saturated rings. The first kappa shape index (κ1) is 6.05. The molecule has 1 rings (SSSR count). The molecule has 0 nitrogen and oxygen atoms in total. The minimum absolute atomic E-state index is 0.850. The van der Waals surface area contributed by atoms with Crippen LogP contribution in [0, 0.1) is 6.07 Å². The van der Waals surface area contributed by atoms with Gasteiger partial charge in [0.1, 0.15) is 0 Å². The number of hydrogen-bond donors (Lipinski definition) is 2. The average Bonchev–Trinajstić information content (AvgIpc) is 1.77. The van der Waals surface area contributed by atoms with E-state index >= 15 is 0 Å². The molecule has 0 saturated heterocycles. The molecule has 0 bridgehead atoms. The fourth-order valence-corrected chi connectivity index (χ4v) is 0.687. The van der Waals surface area contributed by atoms with Crippen LogP contribution in [0.4, 0.5) is 0 Å². The molecule has 8 heavy (non-hydrogen) atoms. The molecule has 0 heterocycles. The van der Waals surface area contributed by atoms with E-state index in [1.165, 1.54) is 0 Å². The van der Waals surface area contributed by atoms with Crippen molar-refractivity contribution in [1.82, 2.24) is 0 Å². The maximum absolute atomic E-state index is 4.07. The highest BCUT2D eigenvalue weighted by atomic mass is 32.1. The molecular weight excluding hydrogens is 136 g/mol. The minimum atomic E-state index is 0.850. The first-order chi connectivity index (χ1) is 3.79. The van der Waals surface area contributed by atoms with Crippen molar-refractivity contribution in [1.29, 1.82) is 0 Å². The zero-order chi connectivity index (χ0) is 5.98. The lowest BCUT2D eigenvalue weighted by Crippen LogP contribution is -1.64. The van der Waals surface area contributed by atoms with Gasteiger partial charge in [0.05, 0.1) is 0 Å². The van der Waals surface area contributed by atoms with Crippen LogP contribution in [0.3, 0.4) is 0 Å². The van der Waals surface area contributed by atoms with E-state index in [9.17, 15) is 0 Å². The summed E-state index contributed by atoms with van der Waals surface area (Å²) in [5.41, 5.74) is 0. The van der Waals surface area contributed by atoms with Gasteiger partial charge >= 0.3 is 0 Å². The molecule has 0 aliphatic rings. The molecule has 1 aromatic carbocycles. The Hall–Kier alpha value is -0.0800. The van der Waals surface area contributed by atoms with Gasteiger partial charge in [-0.2, -0.15) is 0 Å². The lowest BCUT2D eigenvalue weighted by atomic mass is 10.4. The Morgan fingerprint density at radius 2 is 2.00 bits per heavy atom. The monoisotopic (exact) mass is 141 g/mol. The van der Waals surface area contributed by atoms with Gasteiger partial charge in [0.2, 0.25) is 0 Å². The Morgan fingerprint density at radius 1 is 1.25 bits per heavy atom. The number of thiol groups is 2. The fraction of sp³-hybridized carbons (Fsp3) is 0. The molecule has 0 amide bonds. The summed E-state index contributed by atoms with van der Waals surface area (Å²) >= 11 is 8.11. The van der Waals surface area contributed by atoms with Crippen LogP contribution >= 0.6 is 25.3 Å². The molecule has 2 heteroatoms. The highest BCUT2D eigenvalue weighted by Gasteiger charge is 1.82. The van der Waals surface area contributed by atoms with Crippen molar-refractivity contribution in [2.24, 2.45) is 0 Å². The fourth-order valence-electron chi connectivity index (χ4n) is 0.408. The van der Waals surface area contributed by atoms with Gasteiger partial charge in [-0.25, -0.2) is 0 Å².